The normalized spacial score (nSPS) is 11.0. The van der Waals surface area contributed by atoms with Gasteiger partial charge in [-0.1, -0.05) is 30.1 Å². The first-order valence-corrected chi connectivity index (χ1v) is 6.63. The Kier molecular flexibility index (Phi) is 3.96. The Morgan fingerprint density at radius 1 is 1.37 bits per heavy atom. The lowest BCUT2D eigenvalue weighted by Crippen LogP contribution is -2.24. The molecule has 0 aliphatic carbocycles. The summed E-state index contributed by atoms with van der Waals surface area (Å²) in [6, 6.07) is 1.29. The third-order valence-electron chi connectivity index (χ3n) is 2.98. The van der Waals surface area contributed by atoms with E-state index in [9.17, 15) is 4.79 Å². The minimum Gasteiger partial charge on any atom is -0.291 e. The zero-order valence-corrected chi connectivity index (χ0v) is 12.5. The van der Waals surface area contributed by atoms with E-state index in [2.05, 4.69) is 10.1 Å². The van der Waals surface area contributed by atoms with Crippen LogP contribution in [0.5, 0.6) is 0 Å². The summed E-state index contributed by atoms with van der Waals surface area (Å²) in [5, 5.41) is 5.13. The maximum absolute atomic E-state index is 11.9. The van der Waals surface area contributed by atoms with Crippen LogP contribution >= 0.6 is 23.2 Å². The van der Waals surface area contributed by atoms with Crippen LogP contribution in [0.15, 0.2) is 10.9 Å². The SMILES string of the molecule is CCc1nn(C)c(Cn2c(C)nc(Cl)cc2=O)c1Cl. The van der Waals surface area contributed by atoms with Crippen LogP contribution in [0.1, 0.15) is 24.1 Å². The largest absolute Gasteiger partial charge is 0.291 e. The second-order valence-electron chi connectivity index (χ2n) is 4.23. The number of hydrogen-bond donors (Lipinski definition) is 0. The quantitative estimate of drug-likeness (QED) is 0.817. The number of halogens is 2. The van der Waals surface area contributed by atoms with Gasteiger partial charge in [0.1, 0.15) is 11.0 Å². The minimum atomic E-state index is -0.201. The molecule has 0 saturated heterocycles. The van der Waals surface area contributed by atoms with Crippen LogP contribution in [0.2, 0.25) is 10.2 Å². The van der Waals surface area contributed by atoms with Crippen LogP contribution in [-0.4, -0.2) is 19.3 Å². The van der Waals surface area contributed by atoms with Gasteiger partial charge in [0.2, 0.25) is 0 Å². The van der Waals surface area contributed by atoms with Crippen molar-refractivity contribution in [3.8, 4) is 0 Å². The van der Waals surface area contributed by atoms with E-state index in [4.69, 9.17) is 23.2 Å². The standard InChI is InChI=1S/C12H14Cl2N4O/c1-4-8-12(14)9(17(3)16-8)6-18-7(2)15-10(13)5-11(18)19/h5H,4,6H2,1-3H3. The molecule has 0 unspecified atom stereocenters. The fourth-order valence-electron chi connectivity index (χ4n) is 1.92. The highest BCUT2D eigenvalue weighted by molar-refractivity contribution is 6.31. The fraction of sp³-hybridized carbons (Fsp3) is 0.417. The highest BCUT2D eigenvalue weighted by Crippen LogP contribution is 2.21. The van der Waals surface area contributed by atoms with Crippen molar-refractivity contribution in [2.45, 2.75) is 26.8 Å². The van der Waals surface area contributed by atoms with E-state index < -0.39 is 0 Å². The molecule has 0 atom stereocenters. The molecular weight excluding hydrogens is 287 g/mol. The van der Waals surface area contributed by atoms with E-state index >= 15 is 0 Å². The van der Waals surface area contributed by atoms with Crippen LogP contribution in [0.4, 0.5) is 0 Å². The van der Waals surface area contributed by atoms with Gasteiger partial charge in [-0.15, -0.1) is 0 Å². The number of aromatic nitrogens is 4. The molecule has 0 aromatic carbocycles. The van der Waals surface area contributed by atoms with Gasteiger partial charge >= 0.3 is 0 Å². The molecule has 2 rings (SSSR count). The van der Waals surface area contributed by atoms with Gasteiger partial charge in [-0.3, -0.25) is 14.0 Å². The van der Waals surface area contributed by atoms with Crippen molar-refractivity contribution in [3.63, 3.8) is 0 Å². The summed E-state index contributed by atoms with van der Waals surface area (Å²) in [6.07, 6.45) is 0.749. The molecule has 0 aliphatic rings. The molecule has 5 nitrogen and oxygen atoms in total. The summed E-state index contributed by atoms with van der Waals surface area (Å²) in [5.41, 5.74) is 1.41. The summed E-state index contributed by atoms with van der Waals surface area (Å²) >= 11 is 12.0. The van der Waals surface area contributed by atoms with Crippen molar-refractivity contribution in [2.75, 3.05) is 0 Å². The summed E-state index contributed by atoms with van der Waals surface area (Å²) in [7, 11) is 1.81. The maximum Gasteiger partial charge on any atom is 0.255 e. The van der Waals surface area contributed by atoms with Crippen molar-refractivity contribution in [2.24, 2.45) is 7.05 Å². The molecule has 0 aliphatic heterocycles. The number of rotatable bonds is 3. The second-order valence-corrected chi connectivity index (χ2v) is 5.00. The smallest absolute Gasteiger partial charge is 0.255 e. The van der Waals surface area contributed by atoms with Crippen LogP contribution < -0.4 is 5.56 Å². The molecule has 0 N–H and O–H groups in total. The lowest BCUT2D eigenvalue weighted by Gasteiger charge is -2.09. The molecule has 2 aromatic rings. The molecule has 0 radical (unpaired) electrons. The Morgan fingerprint density at radius 3 is 2.58 bits per heavy atom. The summed E-state index contributed by atoms with van der Waals surface area (Å²) in [4.78, 5) is 16.0. The maximum atomic E-state index is 11.9. The van der Waals surface area contributed by atoms with Crippen LogP contribution in [0, 0.1) is 6.92 Å². The Balaban J connectivity index is 2.48. The Hall–Kier alpha value is -1.33. The molecule has 2 heterocycles. The fourth-order valence-corrected chi connectivity index (χ4v) is 2.49. The summed E-state index contributed by atoms with van der Waals surface area (Å²) < 4.78 is 3.22. The molecule has 0 bridgehead atoms. The van der Waals surface area contributed by atoms with Crippen molar-refractivity contribution < 1.29 is 0 Å². The van der Waals surface area contributed by atoms with E-state index in [1.54, 1.807) is 11.6 Å². The van der Waals surface area contributed by atoms with Gasteiger partial charge in [-0.2, -0.15) is 5.10 Å². The molecule has 102 valence electrons. The third kappa shape index (κ3) is 2.67. The molecular formula is C12H14Cl2N4O. The van der Waals surface area contributed by atoms with E-state index in [1.807, 2.05) is 14.0 Å². The first-order chi connectivity index (χ1) is 8.93. The number of aryl methyl sites for hydroxylation is 3. The minimum absolute atomic E-state index is 0.198. The Morgan fingerprint density at radius 2 is 2.05 bits per heavy atom. The predicted molar refractivity (Wildman–Crippen MR) is 74.9 cm³/mol. The van der Waals surface area contributed by atoms with Gasteiger partial charge in [0.25, 0.3) is 5.56 Å². The predicted octanol–water partition coefficient (Wildman–Crippen LogP) is 2.20. The van der Waals surface area contributed by atoms with Crippen molar-refractivity contribution >= 4 is 23.2 Å². The van der Waals surface area contributed by atoms with Gasteiger partial charge in [0, 0.05) is 13.1 Å². The van der Waals surface area contributed by atoms with Crippen LogP contribution in [0.25, 0.3) is 0 Å². The van der Waals surface area contributed by atoms with Gasteiger partial charge < -0.3 is 0 Å². The number of hydrogen-bond acceptors (Lipinski definition) is 3. The average molecular weight is 301 g/mol. The Labute approximate surface area is 120 Å². The molecule has 0 saturated carbocycles. The monoisotopic (exact) mass is 300 g/mol. The van der Waals surface area contributed by atoms with E-state index in [-0.39, 0.29) is 10.7 Å². The van der Waals surface area contributed by atoms with Crippen LogP contribution in [0.3, 0.4) is 0 Å². The van der Waals surface area contributed by atoms with Crippen LogP contribution in [-0.2, 0) is 20.0 Å². The molecule has 0 spiro atoms. The zero-order chi connectivity index (χ0) is 14.2. The molecule has 19 heavy (non-hydrogen) atoms. The molecule has 7 heteroatoms. The first-order valence-electron chi connectivity index (χ1n) is 5.88. The van der Waals surface area contributed by atoms with E-state index in [0.29, 0.717) is 17.4 Å². The second kappa shape index (κ2) is 5.35. The van der Waals surface area contributed by atoms with Crippen molar-refractivity contribution in [1.82, 2.24) is 19.3 Å². The third-order valence-corrected chi connectivity index (χ3v) is 3.61. The highest BCUT2D eigenvalue weighted by Gasteiger charge is 2.15. The molecule has 0 amide bonds. The summed E-state index contributed by atoms with van der Waals surface area (Å²) in [5.74, 6) is 0.549. The first kappa shape index (κ1) is 14.1. The van der Waals surface area contributed by atoms with Gasteiger partial charge in [0.05, 0.1) is 23.0 Å². The Bertz CT molecular complexity index is 675. The van der Waals surface area contributed by atoms with E-state index in [0.717, 1.165) is 17.8 Å². The lowest BCUT2D eigenvalue weighted by molar-refractivity contribution is 0.627. The average Bonchev–Trinajstić information content (AvgIpc) is 2.59. The van der Waals surface area contributed by atoms with Gasteiger partial charge in [-0.25, -0.2) is 4.98 Å². The topological polar surface area (TPSA) is 52.7 Å². The molecule has 2 aromatic heterocycles. The molecule has 0 fully saturated rings. The van der Waals surface area contributed by atoms with Crippen molar-refractivity contribution in [1.29, 1.82) is 0 Å². The van der Waals surface area contributed by atoms with Gasteiger partial charge in [-0.05, 0) is 13.3 Å². The zero-order valence-electron chi connectivity index (χ0n) is 10.9. The number of nitrogens with zero attached hydrogens (tertiary/aromatic N) is 4. The van der Waals surface area contributed by atoms with Gasteiger partial charge in [0.15, 0.2) is 0 Å². The van der Waals surface area contributed by atoms with Crippen molar-refractivity contribution in [3.05, 3.63) is 43.8 Å². The summed E-state index contributed by atoms with van der Waals surface area (Å²) in [6.45, 7) is 4.05. The van der Waals surface area contributed by atoms with E-state index in [1.165, 1.54) is 10.6 Å². The highest BCUT2D eigenvalue weighted by atomic mass is 35.5. The lowest BCUT2D eigenvalue weighted by atomic mass is 10.3.